The Morgan fingerprint density at radius 1 is 0.684 bits per heavy atom. The normalized spacial score (nSPS) is 9.37. The van der Waals surface area contributed by atoms with Crippen LogP contribution in [0.3, 0.4) is 0 Å². The first-order valence-electron chi connectivity index (χ1n) is 5.41. The van der Waals surface area contributed by atoms with Crippen LogP contribution >= 0.6 is 0 Å². The summed E-state index contributed by atoms with van der Waals surface area (Å²) in [5.41, 5.74) is 1.99. The van der Waals surface area contributed by atoms with Crippen LogP contribution in [0.4, 0.5) is 11.4 Å². The Morgan fingerprint density at radius 2 is 1.05 bits per heavy atom. The number of nitrogens with zero attached hydrogens (tertiary/aromatic N) is 2. The minimum absolute atomic E-state index is 0.0977. The molecular formula is C14H9N3Se2. The van der Waals surface area contributed by atoms with E-state index in [1.165, 1.54) is 0 Å². The van der Waals surface area contributed by atoms with E-state index in [0.717, 1.165) is 20.3 Å². The predicted octanol–water partition coefficient (Wildman–Crippen LogP) is 1.05. The molecule has 0 aliphatic carbocycles. The van der Waals surface area contributed by atoms with E-state index in [2.05, 4.69) is 15.3 Å². The third-order valence-corrected chi connectivity index (χ3v) is 4.84. The molecule has 0 radical (unpaired) electrons. The third kappa shape index (κ3) is 4.14. The average molecular weight is 377 g/mol. The molecule has 1 N–H and O–H groups in total. The predicted molar refractivity (Wildman–Crippen MR) is 78.2 cm³/mol. The number of benzene rings is 2. The molecule has 2 aromatic rings. The Balaban J connectivity index is 2.04. The number of anilines is 2. The van der Waals surface area contributed by atoms with Crippen LogP contribution in [0, 0.1) is 20.5 Å². The number of hydrogen-bond donors (Lipinski definition) is 1. The maximum absolute atomic E-state index is 8.63. The molecule has 0 saturated carbocycles. The molecule has 0 unspecified atom stereocenters. The minimum atomic E-state index is -0.0977. The van der Waals surface area contributed by atoms with E-state index in [1.54, 1.807) is 0 Å². The van der Waals surface area contributed by atoms with E-state index in [0.29, 0.717) is 0 Å². The van der Waals surface area contributed by atoms with Crippen LogP contribution in [0.25, 0.3) is 0 Å². The van der Waals surface area contributed by atoms with Gasteiger partial charge in [0.1, 0.15) is 0 Å². The van der Waals surface area contributed by atoms with Crippen molar-refractivity contribution >= 4 is 50.2 Å². The quantitative estimate of drug-likeness (QED) is 0.811. The van der Waals surface area contributed by atoms with Gasteiger partial charge in [0, 0.05) is 0 Å². The summed E-state index contributed by atoms with van der Waals surface area (Å²) >= 11 is -0.195. The van der Waals surface area contributed by atoms with Crippen molar-refractivity contribution < 1.29 is 0 Å². The fraction of sp³-hybridized carbons (Fsp3) is 0. The van der Waals surface area contributed by atoms with Crippen LogP contribution in [0.2, 0.25) is 0 Å². The first-order chi connectivity index (χ1) is 9.31. The van der Waals surface area contributed by atoms with Crippen LogP contribution in [-0.2, 0) is 0 Å². The van der Waals surface area contributed by atoms with Crippen molar-refractivity contribution in [3.05, 3.63) is 48.5 Å². The summed E-state index contributed by atoms with van der Waals surface area (Å²) in [6.45, 7) is 0. The van der Waals surface area contributed by atoms with E-state index >= 15 is 0 Å². The van der Waals surface area contributed by atoms with Gasteiger partial charge in [-0.05, 0) is 0 Å². The molecule has 5 heteroatoms. The molecule has 92 valence electrons. The van der Waals surface area contributed by atoms with Crippen molar-refractivity contribution in [1.29, 1.82) is 10.5 Å². The molecular weight excluding hydrogens is 368 g/mol. The molecule has 0 aliphatic heterocycles. The van der Waals surface area contributed by atoms with Gasteiger partial charge in [-0.1, -0.05) is 0 Å². The van der Waals surface area contributed by atoms with Gasteiger partial charge in [-0.15, -0.1) is 0 Å². The molecule has 0 heterocycles. The monoisotopic (exact) mass is 379 g/mol. The number of nitrogens with one attached hydrogen (secondary N) is 1. The van der Waals surface area contributed by atoms with E-state index in [9.17, 15) is 0 Å². The van der Waals surface area contributed by atoms with Gasteiger partial charge >= 0.3 is 125 Å². The van der Waals surface area contributed by atoms with Crippen molar-refractivity contribution in [1.82, 2.24) is 0 Å². The summed E-state index contributed by atoms with van der Waals surface area (Å²) in [6, 6.07) is 15.8. The standard InChI is InChI=1S/C14H9N3Se2/c15-9-18-13-5-1-11(2-6-13)17-12-3-7-14(8-4-12)19-10-16/h1-8,17H. The first kappa shape index (κ1) is 13.7. The van der Waals surface area contributed by atoms with Gasteiger partial charge in [0.2, 0.25) is 0 Å². The second kappa shape index (κ2) is 7.00. The van der Waals surface area contributed by atoms with Crippen molar-refractivity contribution in [2.75, 3.05) is 5.32 Å². The van der Waals surface area contributed by atoms with Crippen molar-refractivity contribution in [3.63, 3.8) is 0 Å². The molecule has 3 nitrogen and oxygen atoms in total. The molecule has 2 rings (SSSR count). The van der Waals surface area contributed by atoms with E-state index in [1.807, 2.05) is 48.5 Å². The van der Waals surface area contributed by atoms with Gasteiger partial charge in [-0.2, -0.15) is 0 Å². The van der Waals surface area contributed by atoms with E-state index < -0.39 is 0 Å². The fourth-order valence-corrected chi connectivity index (χ4v) is 3.07. The molecule has 19 heavy (non-hydrogen) atoms. The third-order valence-electron chi connectivity index (χ3n) is 2.32. The van der Waals surface area contributed by atoms with Crippen molar-refractivity contribution in [2.45, 2.75) is 0 Å². The summed E-state index contributed by atoms with van der Waals surface area (Å²) in [5, 5.41) is 20.6. The van der Waals surface area contributed by atoms with Crippen LogP contribution < -0.4 is 14.2 Å². The van der Waals surface area contributed by atoms with Gasteiger partial charge in [0.25, 0.3) is 0 Å². The topological polar surface area (TPSA) is 59.6 Å². The Morgan fingerprint density at radius 3 is 1.37 bits per heavy atom. The summed E-state index contributed by atoms with van der Waals surface area (Å²) < 4.78 is 2.15. The van der Waals surface area contributed by atoms with E-state index in [4.69, 9.17) is 10.5 Å². The van der Waals surface area contributed by atoms with Crippen LogP contribution in [0.15, 0.2) is 48.5 Å². The molecule has 2 aromatic carbocycles. The molecule has 0 atom stereocenters. The van der Waals surface area contributed by atoms with Gasteiger partial charge in [-0.3, -0.25) is 0 Å². The zero-order valence-electron chi connectivity index (χ0n) is 9.83. The van der Waals surface area contributed by atoms with Gasteiger partial charge in [-0.25, -0.2) is 0 Å². The zero-order valence-corrected chi connectivity index (χ0v) is 13.3. The Hall–Kier alpha value is -1.74. The maximum atomic E-state index is 8.63. The average Bonchev–Trinajstić information content (AvgIpc) is 2.44. The Labute approximate surface area is 124 Å². The van der Waals surface area contributed by atoms with Crippen LogP contribution in [0.5, 0.6) is 0 Å². The van der Waals surface area contributed by atoms with Crippen LogP contribution in [0.1, 0.15) is 0 Å². The van der Waals surface area contributed by atoms with E-state index in [-0.39, 0.29) is 29.9 Å². The second-order valence-corrected chi connectivity index (χ2v) is 7.16. The van der Waals surface area contributed by atoms with Gasteiger partial charge in [0.05, 0.1) is 0 Å². The SMILES string of the molecule is N#C[Se]c1ccc(Nc2ccc([Se]C#N)cc2)cc1. The molecule has 0 amide bonds. The Kier molecular flexibility index (Phi) is 5.04. The molecule has 0 spiro atoms. The molecule has 0 aliphatic rings. The molecule has 0 aromatic heterocycles. The summed E-state index contributed by atoms with van der Waals surface area (Å²) in [5.74, 6) is 0. The fourth-order valence-electron chi connectivity index (χ4n) is 1.48. The van der Waals surface area contributed by atoms with Gasteiger partial charge in [0.15, 0.2) is 0 Å². The van der Waals surface area contributed by atoms with Crippen molar-refractivity contribution in [3.8, 4) is 9.94 Å². The molecule has 0 fully saturated rings. The summed E-state index contributed by atoms with van der Waals surface area (Å²) in [7, 11) is 0. The Bertz CT molecular complexity index is 564. The molecule has 0 saturated heterocycles. The summed E-state index contributed by atoms with van der Waals surface area (Å²) in [6.07, 6.45) is 0. The van der Waals surface area contributed by atoms with Gasteiger partial charge < -0.3 is 0 Å². The number of rotatable bonds is 4. The summed E-state index contributed by atoms with van der Waals surface area (Å²) in [4.78, 5) is 4.38. The van der Waals surface area contributed by atoms with Crippen LogP contribution in [-0.4, -0.2) is 29.9 Å². The second-order valence-electron chi connectivity index (χ2n) is 3.56. The number of nitriles is 2. The first-order valence-corrected chi connectivity index (χ1v) is 8.83. The number of hydrogen-bond acceptors (Lipinski definition) is 3. The molecule has 0 bridgehead atoms. The zero-order chi connectivity index (χ0) is 13.5. The van der Waals surface area contributed by atoms with Crippen molar-refractivity contribution in [2.24, 2.45) is 0 Å².